The summed E-state index contributed by atoms with van der Waals surface area (Å²) in [5.41, 5.74) is 4.32. The molecule has 2 rings (SSSR count). The molecule has 52 valence electrons. The van der Waals surface area contributed by atoms with Crippen molar-refractivity contribution in [3.8, 4) is 0 Å². The average Bonchev–Trinajstić information content (AvgIpc) is 2.28. The van der Waals surface area contributed by atoms with Crippen LogP contribution in [0, 0.1) is 0 Å². The van der Waals surface area contributed by atoms with Crippen molar-refractivity contribution in [2.75, 3.05) is 0 Å². The number of rotatable bonds is 0. The highest BCUT2D eigenvalue weighted by molar-refractivity contribution is 5.61. The second-order valence-corrected chi connectivity index (χ2v) is 1.99. The van der Waals surface area contributed by atoms with Crippen LogP contribution >= 0.6 is 0 Å². The van der Waals surface area contributed by atoms with Gasteiger partial charge in [-0.2, -0.15) is 0 Å². The standard InChI is InChI=1S/C7H4N4/c1-2-4-6-7(5-3-1)9-11-10-8-6/h1-2,4-5H. The maximum absolute atomic E-state index is 3.78. The Kier molecular flexibility index (Phi) is 1.32. The van der Waals surface area contributed by atoms with Gasteiger partial charge in [-0.25, -0.2) is 0 Å². The molecule has 11 heavy (non-hydrogen) atoms. The SMILES string of the molecule is C1=CC=Cc2nnnnc2C=1. The molecule has 1 aliphatic rings. The summed E-state index contributed by atoms with van der Waals surface area (Å²) in [6, 6.07) is 0. The number of nitrogens with zero attached hydrogens (tertiary/aromatic N) is 4. The van der Waals surface area contributed by atoms with Gasteiger partial charge in [-0.05, 0) is 22.6 Å². The molecule has 4 nitrogen and oxygen atoms in total. The van der Waals surface area contributed by atoms with Crippen LogP contribution in [0.25, 0.3) is 12.2 Å². The Morgan fingerprint density at radius 2 is 1.91 bits per heavy atom. The first kappa shape index (κ1) is 5.95. The molecule has 0 aromatic carbocycles. The molecule has 0 aliphatic heterocycles. The number of hydrogen-bond acceptors (Lipinski definition) is 4. The van der Waals surface area contributed by atoms with Crippen molar-refractivity contribution in [1.82, 2.24) is 20.6 Å². The molecule has 1 aliphatic carbocycles. The molecule has 0 radical (unpaired) electrons. The zero-order valence-corrected chi connectivity index (χ0v) is 5.60. The van der Waals surface area contributed by atoms with Crippen LogP contribution in [0.4, 0.5) is 0 Å². The lowest BCUT2D eigenvalue weighted by atomic mass is 10.3. The fourth-order valence-electron chi connectivity index (χ4n) is 0.782. The van der Waals surface area contributed by atoms with Gasteiger partial charge in [0.15, 0.2) is 0 Å². The summed E-state index contributed by atoms with van der Waals surface area (Å²) in [6.45, 7) is 0. The largest absolute Gasteiger partial charge is 0.127 e. The van der Waals surface area contributed by atoms with E-state index in [9.17, 15) is 0 Å². The van der Waals surface area contributed by atoms with Gasteiger partial charge in [-0.15, -0.1) is 15.9 Å². The van der Waals surface area contributed by atoms with E-state index in [0.29, 0.717) is 5.69 Å². The van der Waals surface area contributed by atoms with E-state index in [2.05, 4.69) is 26.4 Å². The van der Waals surface area contributed by atoms with Crippen LogP contribution in [0.15, 0.2) is 17.9 Å². The minimum atomic E-state index is 0.699. The monoisotopic (exact) mass is 144 g/mol. The number of hydrogen-bond donors (Lipinski definition) is 0. The van der Waals surface area contributed by atoms with Crippen LogP contribution in [0.2, 0.25) is 0 Å². The van der Waals surface area contributed by atoms with Gasteiger partial charge >= 0.3 is 0 Å². The third-order valence-electron chi connectivity index (χ3n) is 1.27. The van der Waals surface area contributed by atoms with Crippen molar-refractivity contribution >= 4 is 12.2 Å². The summed E-state index contributed by atoms with van der Waals surface area (Å²) >= 11 is 0. The minimum absolute atomic E-state index is 0.699. The summed E-state index contributed by atoms with van der Waals surface area (Å²) in [4.78, 5) is 0. The van der Waals surface area contributed by atoms with Crippen LogP contribution in [0.3, 0.4) is 0 Å². The molecular weight excluding hydrogens is 140 g/mol. The maximum Gasteiger partial charge on any atom is 0.123 e. The van der Waals surface area contributed by atoms with Crippen molar-refractivity contribution in [1.29, 1.82) is 0 Å². The van der Waals surface area contributed by atoms with Crippen molar-refractivity contribution in [2.45, 2.75) is 0 Å². The van der Waals surface area contributed by atoms with Gasteiger partial charge in [-0.1, -0.05) is 6.08 Å². The quantitative estimate of drug-likeness (QED) is 0.496. The van der Waals surface area contributed by atoms with E-state index < -0.39 is 0 Å². The van der Waals surface area contributed by atoms with Gasteiger partial charge in [0.05, 0.1) is 0 Å². The van der Waals surface area contributed by atoms with Gasteiger partial charge in [-0.3, -0.25) is 0 Å². The van der Waals surface area contributed by atoms with Crippen molar-refractivity contribution in [2.24, 2.45) is 0 Å². The van der Waals surface area contributed by atoms with Crippen molar-refractivity contribution in [3.63, 3.8) is 0 Å². The lowest BCUT2D eigenvalue weighted by Crippen LogP contribution is -1.97. The van der Waals surface area contributed by atoms with Crippen molar-refractivity contribution in [3.05, 3.63) is 29.3 Å². The normalized spacial score (nSPS) is 12.7. The van der Waals surface area contributed by atoms with Crippen molar-refractivity contribution < 1.29 is 0 Å². The van der Waals surface area contributed by atoms with E-state index in [1.165, 1.54) is 0 Å². The second kappa shape index (κ2) is 2.44. The highest BCUT2D eigenvalue weighted by Gasteiger charge is 1.99. The number of fused-ring (bicyclic) bond motifs is 1. The Morgan fingerprint density at radius 3 is 2.82 bits per heavy atom. The third kappa shape index (κ3) is 1.07. The van der Waals surface area contributed by atoms with Gasteiger partial charge in [0, 0.05) is 6.08 Å². The van der Waals surface area contributed by atoms with Gasteiger partial charge in [0.25, 0.3) is 0 Å². The molecule has 0 amide bonds. The molecule has 0 bridgehead atoms. The minimum Gasteiger partial charge on any atom is -0.127 e. The molecule has 0 saturated heterocycles. The molecule has 1 heterocycles. The fraction of sp³-hybridized carbons (Fsp3) is 0. The first-order valence-corrected chi connectivity index (χ1v) is 3.12. The zero-order chi connectivity index (χ0) is 7.52. The Morgan fingerprint density at radius 1 is 1.09 bits per heavy atom. The zero-order valence-electron chi connectivity index (χ0n) is 5.60. The first-order valence-electron chi connectivity index (χ1n) is 3.12. The molecule has 0 saturated carbocycles. The van der Waals surface area contributed by atoms with Crippen LogP contribution in [0.5, 0.6) is 0 Å². The van der Waals surface area contributed by atoms with E-state index in [1.807, 2.05) is 12.2 Å². The van der Waals surface area contributed by atoms with E-state index in [-0.39, 0.29) is 0 Å². The Labute approximate surface area is 63.0 Å². The predicted molar refractivity (Wildman–Crippen MR) is 39.2 cm³/mol. The molecule has 0 fully saturated rings. The summed E-state index contributed by atoms with van der Waals surface area (Å²) < 4.78 is 0. The maximum atomic E-state index is 3.78. The Balaban J connectivity index is 2.67. The molecule has 0 unspecified atom stereocenters. The first-order chi connectivity index (χ1) is 5.47. The topological polar surface area (TPSA) is 51.6 Å². The average molecular weight is 144 g/mol. The molecule has 0 atom stereocenters. The molecular formula is C7H4N4. The van der Waals surface area contributed by atoms with E-state index >= 15 is 0 Å². The molecule has 0 spiro atoms. The van der Waals surface area contributed by atoms with Crippen LogP contribution < -0.4 is 0 Å². The summed E-state index contributed by atoms with van der Waals surface area (Å²) in [6.07, 6.45) is 7.15. The van der Waals surface area contributed by atoms with Gasteiger partial charge in [0.2, 0.25) is 0 Å². The van der Waals surface area contributed by atoms with Gasteiger partial charge < -0.3 is 0 Å². The van der Waals surface area contributed by atoms with E-state index in [1.54, 1.807) is 12.2 Å². The molecule has 1 aromatic heterocycles. The predicted octanol–water partition coefficient (Wildman–Crippen LogP) is 0.462. The second-order valence-electron chi connectivity index (χ2n) is 1.99. The molecule has 1 aromatic rings. The number of aromatic nitrogens is 4. The fourth-order valence-corrected chi connectivity index (χ4v) is 0.782. The van der Waals surface area contributed by atoms with E-state index in [0.717, 1.165) is 5.69 Å². The third-order valence-corrected chi connectivity index (χ3v) is 1.27. The Bertz CT molecular complexity index is 360. The van der Waals surface area contributed by atoms with Crippen LogP contribution in [0.1, 0.15) is 11.4 Å². The highest BCUT2D eigenvalue weighted by Crippen LogP contribution is 2.05. The van der Waals surface area contributed by atoms with Crippen LogP contribution in [-0.2, 0) is 0 Å². The van der Waals surface area contributed by atoms with Gasteiger partial charge in [0.1, 0.15) is 11.4 Å². The molecule has 4 heteroatoms. The van der Waals surface area contributed by atoms with Crippen LogP contribution in [-0.4, -0.2) is 20.6 Å². The number of allylic oxidation sites excluding steroid dienone is 2. The summed E-state index contributed by atoms with van der Waals surface area (Å²) in [5.74, 6) is 0. The lowest BCUT2D eigenvalue weighted by molar-refractivity contribution is 0.750. The Hall–Kier alpha value is -1.80. The van der Waals surface area contributed by atoms with E-state index in [4.69, 9.17) is 0 Å². The highest BCUT2D eigenvalue weighted by atomic mass is 15.4. The molecule has 0 N–H and O–H groups in total. The lowest BCUT2D eigenvalue weighted by Gasteiger charge is -1.90. The summed E-state index contributed by atoms with van der Waals surface area (Å²) in [5, 5.41) is 14.4. The summed E-state index contributed by atoms with van der Waals surface area (Å²) in [7, 11) is 0. The smallest absolute Gasteiger partial charge is 0.123 e.